The zero-order chi connectivity index (χ0) is 19.9. The van der Waals surface area contributed by atoms with E-state index in [0.29, 0.717) is 18.7 Å². The van der Waals surface area contributed by atoms with Crippen LogP contribution in [0.2, 0.25) is 0 Å². The number of aromatic hydroxyl groups is 1. The number of benzene rings is 2. The molecule has 0 fully saturated rings. The molecule has 2 aromatic carbocycles. The number of rotatable bonds is 6. The van der Waals surface area contributed by atoms with Crippen LogP contribution in [0.15, 0.2) is 67.0 Å². The van der Waals surface area contributed by atoms with Crippen LogP contribution >= 0.6 is 0 Å². The molecule has 0 spiro atoms. The molecule has 3 rings (SSSR count). The average molecular weight is 375 g/mol. The van der Waals surface area contributed by atoms with Crippen molar-refractivity contribution in [2.24, 2.45) is 0 Å². The van der Waals surface area contributed by atoms with Crippen molar-refractivity contribution in [1.82, 2.24) is 15.6 Å². The normalized spacial score (nSPS) is 10.3. The minimum Gasteiger partial charge on any atom is -0.507 e. The lowest BCUT2D eigenvalue weighted by Gasteiger charge is -2.09. The summed E-state index contributed by atoms with van der Waals surface area (Å²) >= 11 is 0. The van der Waals surface area contributed by atoms with Gasteiger partial charge in [0.2, 0.25) is 0 Å². The molecule has 28 heavy (non-hydrogen) atoms. The number of aromatic nitrogens is 1. The summed E-state index contributed by atoms with van der Waals surface area (Å²) in [5.74, 6) is -0.542. The molecule has 0 saturated carbocycles. The van der Waals surface area contributed by atoms with Gasteiger partial charge in [0.1, 0.15) is 5.75 Å². The number of phenolic OH excluding ortho intramolecular Hbond substituents is 1. The summed E-state index contributed by atoms with van der Waals surface area (Å²) in [5, 5.41) is 15.5. The zero-order valence-corrected chi connectivity index (χ0v) is 15.5. The molecule has 142 valence electrons. The molecule has 0 radical (unpaired) electrons. The second-order valence-corrected chi connectivity index (χ2v) is 6.44. The monoisotopic (exact) mass is 375 g/mol. The van der Waals surface area contributed by atoms with Crippen LogP contribution in [-0.4, -0.2) is 21.9 Å². The molecule has 0 bridgehead atoms. The first kappa shape index (κ1) is 19.1. The highest BCUT2D eigenvalue weighted by Gasteiger charge is 2.11. The molecule has 0 unspecified atom stereocenters. The Morgan fingerprint density at radius 3 is 2.18 bits per heavy atom. The maximum atomic E-state index is 12.2. The lowest BCUT2D eigenvalue weighted by molar-refractivity contribution is 0.0940. The summed E-state index contributed by atoms with van der Waals surface area (Å²) < 4.78 is 0. The fourth-order valence-electron chi connectivity index (χ4n) is 2.67. The molecule has 2 amide bonds. The van der Waals surface area contributed by atoms with Crippen LogP contribution in [-0.2, 0) is 13.1 Å². The topological polar surface area (TPSA) is 91.3 Å². The van der Waals surface area contributed by atoms with Crippen LogP contribution in [0.4, 0.5) is 0 Å². The number of amides is 2. The number of nitrogens with zero attached hydrogens (tertiary/aromatic N) is 1. The summed E-state index contributed by atoms with van der Waals surface area (Å²) in [7, 11) is 0. The SMILES string of the molecule is Cc1ccc(O)c(C(=O)NCc2ccc(CNC(=O)c3cccnc3)cc2)c1. The fraction of sp³-hybridized carbons (Fsp3) is 0.136. The van der Waals surface area contributed by atoms with Crippen molar-refractivity contribution in [2.45, 2.75) is 20.0 Å². The van der Waals surface area contributed by atoms with Crippen molar-refractivity contribution in [3.8, 4) is 5.75 Å². The van der Waals surface area contributed by atoms with Crippen LogP contribution in [0.1, 0.15) is 37.4 Å². The maximum Gasteiger partial charge on any atom is 0.255 e. The van der Waals surface area contributed by atoms with Gasteiger partial charge in [0.15, 0.2) is 0 Å². The second kappa shape index (κ2) is 8.81. The maximum absolute atomic E-state index is 12.2. The molecule has 6 nitrogen and oxygen atoms in total. The van der Waals surface area contributed by atoms with Crippen LogP contribution in [0.5, 0.6) is 5.75 Å². The summed E-state index contributed by atoms with van der Waals surface area (Å²) in [5.41, 5.74) is 3.54. The van der Waals surface area contributed by atoms with E-state index in [1.807, 2.05) is 31.2 Å². The highest BCUT2D eigenvalue weighted by atomic mass is 16.3. The van der Waals surface area contributed by atoms with Crippen molar-refractivity contribution in [3.05, 3.63) is 94.8 Å². The van der Waals surface area contributed by atoms with Crippen molar-refractivity contribution in [3.63, 3.8) is 0 Å². The second-order valence-electron chi connectivity index (χ2n) is 6.44. The van der Waals surface area contributed by atoms with Gasteiger partial charge >= 0.3 is 0 Å². The number of hydrogen-bond acceptors (Lipinski definition) is 4. The van der Waals surface area contributed by atoms with Gasteiger partial charge in [-0.05, 0) is 42.3 Å². The van der Waals surface area contributed by atoms with Gasteiger partial charge in [-0.15, -0.1) is 0 Å². The van der Waals surface area contributed by atoms with Gasteiger partial charge in [-0.25, -0.2) is 0 Å². The first-order valence-corrected chi connectivity index (χ1v) is 8.87. The number of carbonyl (C=O) groups excluding carboxylic acids is 2. The predicted molar refractivity (Wildman–Crippen MR) is 106 cm³/mol. The third kappa shape index (κ3) is 4.94. The van der Waals surface area contributed by atoms with Crippen molar-refractivity contribution in [2.75, 3.05) is 0 Å². The molecule has 1 heterocycles. The standard InChI is InChI=1S/C22H21N3O3/c1-15-4-9-20(26)19(11-15)22(28)25-13-17-7-5-16(6-8-17)12-24-21(27)18-3-2-10-23-14-18/h2-11,14,26H,12-13H2,1H3,(H,24,27)(H,25,28). The lowest BCUT2D eigenvalue weighted by Crippen LogP contribution is -2.23. The van der Waals surface area contributed by atoms with Crippen LogP contribution < -0.4 is 10.6 Å². The largest absolute Gasteiger partial charge is 0.507 e. The highest BCUT2D eigenvalue weighted by molar-refractivity contribution is 5.97. The number of nitrogens with one attached hydrogen (secondary N) is 2. The van der Waals surface area contributed by atoms with E-state index in [-0.39, 0.29) is 23.1 Å². The number of pyridine rings is 1. The number of phenols is 1. The third-order valence-corrected chi connectivity index (χ3v) is 4.25. The Labute approximate surface area is 163 Å². The van der Waals surface area contributed by atoms with E-state index in [1.54, 1.807) is 30.5 Å². The molecular formula is C22H21N3O3. The summed E-state index contributed by atoms with van der Waals surface area (Å²) in [4.78, 5) is 28.2. The van der Waals surface area contributed by atoms with Gasteiger partial charge in [0, 0.05) is 25.5 Å². The van der Waals surface area contributed by atoms with Gasteiger partial charge in [-0.1, -0.05) is 35.9 Å². The van der Waals surface area contributed by atoms with Crippen molar-refractivity contribution >= 4 is 11.8 Å². The molecule has 0 aliphatic carbocycles. The quantitative estimate of drug-likeness (QED) is 0.618. The molecule has 3 aromatic rings. The third-order valence-electron chi connectivity index (χ3n) is 4.25. The first-order valence-electron chi connectivity index (χ1n) is 8.87. The Morgan fingerprint density at radius 1 is 0.929 bits per heavy atom. The zero-order valence-electron chi connectivity index (χ0n) is 15.5. The van der Waals surface area contributed by atoms with Gasteiger partial charge in [-0.3, -0.25) is 14.6 Å². The Hall–Kier alpha value is -3.67. The van der Waals surface area contributed by atoms with Crippen molar-refractivity contribution < 1.29 is 14.7 Å². The number of carbonyl (C=O) groups is 2. The molecule has 0 atom stereocenters. The molecule has 0 aliphatic rings. The molecular weight excluding hydrogens is 354 g/mol. The van der Waals surface area contributed by atoms with Crippen molar-refractivity contribution in [1.29, 1.82) is 0 Å². The lowest BCUT2D eigenvalue weighted by atomic mass is 10.1. The predicted octanol–water partition coefficient (Wildman–Crippen LogP) is 2.96. The fourth-order valence-corrected chi connectivity index (χ4v) is 2.67. The van der Waals surface area contributed by atoms with Gasteiger partial charge in [0.05, 0.1) is 11.1 Å². The summed E-state index contributed by atoms with van der Waals surface area (Å²) in [6, 6.07) is 15.9. The highest BCUT2D eigenvalue weighted by Crippen LogP contribution is 2.18. The molecule has 3 N–H and O–H groups in total. The van der Waals surface area contributed by atoms with E-state index in [2.05, 4.69) is 15.6 Å². The van der Waals surface area contributed by atoms with Crippen LogP contribution in [0.3, 0.4) is 0 Å². The minimum atomic E-state index is -0.325. The van der Waals surface area contributed by atoms with Crippen LogP contribution in [0.25, 0.3) is 0 Å². The van der Waals surface area contributed by atoms with E-state index in [0.717, 1.165) is 16.7 Å². The molecule has 6 heteroatoms. The molecule has 1 aromatic heterocycles. The summed E-state index contributed by atoms with van der Waals surface area (Å²) in [6.45, 7) is 2.61. The Bertz CT molecular complexity index is 970. The smallest absolute Gasteiger partial charge is 0.255 e. The minimum absolute atomic E-state index is 0.0391. The Balaban J connectivity index is 1.52. The van der Waals surface area contributed by atoms with E-state index in [9.17, 15) is 14.7 Å². The molecule has 0 aliphatic heterocycles. The molecule has 0 saturated heterocycles. The van der Waals surface area contributed by atoms with Gasteiger partial charge in [-0.2, -0.15) is 0 Å². The van der Waals surface area contributed by atoms with Gasteiger partial charge < -0.3 is 15.7 Å². The van der Waals surface area contributed by atoms with E-state index < -0.39 is 0 Å². The summed E-state index contributed by atoms with van der Waals surface area (Å²) in [6.07, 6.45) is 3.14. The van der Waals surface area contributed by atoms with Gasteiger partial charge in [0.25, 0.3) is 11.8 Å². The number of hydrogen-bond donors (Lipinski definition) is 3. The number of aryl methyl sites for hydroxylation is 1. The average Bonchev–Trinajstić information content (AvgIpc) is 2.73. The Kier molecular flexibility index (Phi) is 6.01. The van der Waals surface area contributed by atoms with E-state index in [4.69, 9.17) is 0 Å². The first-order chi connectivity index (χ1) is 13.5. The van der Waals surface area contributed by atoms with E-state index in [1.165, 1.54) is 12.3 Å². The van der Waals surface area contributed by atoms with E-state index >= 15 is 0 Å². The van der Waals surface area contributed by atoms with Crippen LogP contribution in [0, 0.1) is 6.92 Å². The Morgan fingerprint density at radius 2 is 1.57 bits per heavy atom.